The van der Waals surface area contributed by atoms with Gasteiger partial charge in [-0.05, 0) is 50.3 Å². The lowest BCUT2D eigenvalue weighted by atomic mass is 10.1. The zero-order valence-electron chi connectivity index (χ0n) is 12.8. The lowest BCUT2D eigenvalue weighted by Crippen LogP contribution is -2.31. The van der Waals surface area contributed by atoms with Gasteiger partial charge < -0.3 is 5.73 Å². The standard InChI is InChI=1S/C16H18N2O4S/c1-3-5-7-14(6-4-2)23(21,22)18-16(20)13-10-8-12(9-11-13)15(17)19/h3-11H,1-2H3,(H2,17,19)(H,18,20)/b5-3-,6-4-,14-7+. The van der Waals surface area contributed by atoms with Crippen molar-refractivity contribution >= 4 is 21.8 Å². The fourth-order valence-electron chi connectivity index (χ4n) is 1.62. The average Bonchev–Trinajstić information content (AvgIpc) is 2.50. The molecular weight excluding hydrogens is 316 g/mol. The Morgan fingerprint density at radius 1 is 1.04 bits per heavy atom. The second-order valence-electron chi connectivity index (χ2n) is 4.47. The van der Waals surface area contributed by atoms with E-state index < -0.39 is 21.8 Å². The van der Waals surface area contributed by atoms with Gasteiger partial charge in [-0.3, -0.25) is 9.59 Å². The summed E-state index contributed by atoms with van der Waals surface area (Å²) in [6, 6.07) is 5.37. The fraction of sp³-hybridized carbons (Fsp3) is 0.125. The first-order valence-corrected chi connectivity index (χ1v) is 8.23. The van der Waals surface area contributed by atoms with Gasteiger partial charge in [0.05, 0.1) is 4.91 Å². The van der Waals surface area contributed by atoms with Crippen molar-refractivity contribution in [3.63, 3.8) is 0 Å². The van der Waals surface area contributed by atoms with Crippen LogP contribution in [-0.2, 0) is 10.0 Å². The minimum absolute atomic E-state index is 0.0415. The summed E-state index contributed by atoms with van der Waals surface area (Å²) in [6.45, 7) is 3.42. The summed E-state index contributed by atoms with van der Waals surface area (Å²) in [5.41, 5.74) is 5.43. The summed E-state index contributed by atoms with van der Waals surface area (Å²) in [6.07, 6.45) is 7.54. The summed E-state index contributed by atoms with van der Waals surface area (Å²) in [5.74, 6) is -1.42. The van der Waals surface area contributed by atoms with Gasteiger partial charge >= 0.3 is 0 Å². The molecule has 0 aliphatic rings. The number of carbonyl (C=O) groups is 2. The molecule has 0 unspecified atom stereocenters. The molecule has 0 saturated heterocycles. The first-order valence-electron chi connectivity index (χ1n) is 6.74. The van der Waals surface area contributed by atoms with Crippen LogP contribution in [0.25, 0.3) is 0 Å². The topological polar surface area (TPSA) is 106 Å². The molecule has 0 heterocycles. The molecule has 0 atom stereocenters. The Morgan fingerprint density at radius 2 is 1.61 bits per heavy atom. The van der Waals surface area contributed by atoms with Crippen LogP contribution in [0.15, 0.2) is 59.6 Å². The Labute approximate surface area is 135 Å². The van der Waals surface area contributed by atoms with Crippen molar-refractivity contribution in [3.05, 3.63) is 70.7 Å². The third-order valence-electron chi connectivity index (χ3n) is 2.75. The second kappa shape index (κ2) is 8.09. The zero-order chi connectivity index (χ0) is 17.5. The molecule has 0 aliphatic carbocycles. The van der Waals surface area contributed by atoms with E-state index in [0.717, 1.165) is 0 Å². The average molecular weight is 334 g/mol. The third-order valence-corrected chi connectivity index (χ3v) is 4.10. The molecule has 1 aromatic carbocycles. The van der Waals surface area contributed by atoms with E-state index in [9.17, 15) is 18.0 Å². The Bertz CT molecular complexity index is 773. The molecule has 0 spiro atoms. The van der Waals surface area contributed by atoms with Crippen LogP contribution in [0.3, 0.4) is 0 Å². The molecule has 0 bridgehead atoms. The second-order valence-corrected chi connectivity index (χ2v) is 6.15. The largest absolute Gasteiger partial charge is 0.366 e. The van der Waals surface area contributed by atoms with E-state index in [1.807, 2.05) is 4.72 Å². The number of sulfonamides is 1. The normalized spacial score (nSPS) is 12.7. The SMILES string of the molecule is C\C=C/C=C(\C=C/C)S(=O)(=O)NC(=O)c1ccc(C(N)=O)cc1. The molecular formula is C16H18N2O4S. The highest BCUT2D eigenvalue weighted by molar-refractivity contribution is 7.94. The van der Waals surface area contributed by atoms with E-state index in [-0.39, 0.29) is 16.0 Å². The maximum absolute atomic E-state index is 12.2. The van der Waals surface area contributed by atoms with Gasteiger partial charge in [-0.2, -0.15) is 0 Å². The van der Waals surface area contributed by atoms with Crippen LogP contribution in [0, 0.1) is 0 Å². The Hall–Kier alpha value is -2.67. The van der Waals surface area contributed by atoms with E-state index in [2.05, 4.69) is 0 Å². The van der Waals surface area contributed by atoms with Gasteiger partial charge in [0.25, 0.3) is 15.9 Å². The first-order chi connectivity index (χ1) is 10.8. The van der Waals surface area contributed by atoms with Crippen LogP contribution in [0.2, 0.25) is 0 Å². The molecule has 3 N–H and O–H groups in total. The number of nitrogens with one attached hydrogen (secondary N) is 1. The highest BCUT2D eigenvalue weighted by atomic mass is 32.2. The van der Waals surface area contributed by atoms with Crippen LogP contribution >= 0.6 is 0 Å². The lowest BCUT2D eigenvalue weighted by molar-refractivity contribution is 0.0975. The van der Waals surface area contributed by atoms with Crippen molar-refractivity contribution < 1.29 is 18.0 Å². The summed E-state index contributed by atoms with van der Waals surface area (Å²) in [4.78, 5) is 23.0. The number of rotatable bonds is 6. The van der Waals surface area contributed by atoms with Crippen LogP contribution in [0.1, 0.15) is 34.6 Å². The fourth-order valence-corrected chi connectivity index (χ4v) is 2.67. The number of nitrogens with two attached hydrogens (primary N) is 1. The van der Waals surface area contributed by atoms with Crippen molar-refractivity contribution in [2.24, 2.45) is 5.73 Å². The van der Waals surface area contributed by atoms with Gasteiger partial charge in [-0.25, -0.2) is 13.1 Å². The molecule has 0 aromatic heterocycles. The predicted octanol–water partition coefficient (Wildman–Crippen LogP) is 1.88. The molecule has 1 aromatic rings. The summed E-state index contributed by atoms with van der Waals surface area (Å²) >= 11 is 0. The van der Waals surface area contributed by atoms with Crippen molar-refractivity contribution in [1.82, 2.24) is 4.72 Å². The van der Waals surface area contributed by atoms with Gasteiger partial charge in [0, 0.05) is 11.1 Å². The van der Waals surface area contributed by atoms with E-state index in [4.69, 9.17) is 5.73 Å². The zero-order valence-corrected chi connectivity index (χ0v) is 13.6. The molecule has 122 valence electrons. The Balaban J connectivity index is 3.03. The highest BCUT2D eigenvalue weighted by Crippen LogP contribution is 2.10. The minimum atomic E-state index is -4.00. The van der Waals surface area contributed by atoms with Gasteiger partial charge in [0.2, 0.25) is 5.91 Å². The van der Waals surface area contributed by atoms with Gasteiger partial charge in [0.15, 0.2) is 0 Å². The van der Waals surface area contributed by atoms with Crippen LogP contribution in [0.4, 0.5) is 0 Å². The van der Waals surface area contributed by atoms with Crippen LogP contribution in [0.5, 0.6) is 0 Å². The molecule has 0 fully saturated rings. The number of hydrogen-bond donors (Lipinski definition) is 2. The molecule has 2 amide bonds. The van der Waals surface area contributed by atoms with E-state index >= 15 is 0 Å². The van der Waals surface area contributed by atoms with E-state index in [0.29, 0.717) is 0 Å². The third kappa shape index (κ3) is 5.23. The van der Waals surface area contributed by atoms with Crippen molar-refractivity contribution in [3.8, 4) is 0 Å². The Kier molecular flexibility index (Phi) is 6.47. The molecule has 7 heteroatoms. The maximum atomic E-state index is 12.2. The number of hydrogen-bond acceptors (Lipinski definition) is 4. The summed E-state index contributed by atoms with van der Waals surface area (Å²) in [7, 11) is -4.00. The number of allylic oxidation sites excluding steroid dienone is 5. The van der Waals surface area contributed by atoms with E-state index in [1.54, 1.807) is 32.1 Å². The highest BCUT2D eigenvalue weighted by Gasteiger charge is 2.19. The lowest BCUT2D eigenvalue weighted by Gasteiger charge is -2.07. The number of primary amides is 1. The van der Waals surface area contributed by atoms with Crippen molar-refractivity contribution in [2.75, 3.05) is 0 Å². The first kappa shape index (κ1) is 18.4. The number of benzene rings is 1. The van der Waals surface area contributed by atoms with Gasteiger partial charge in [0.1, 0.15) is 0 Å². The van der Waals surface area contributed by atoms with Crippen molar-refractivity contribution in [1.29, 1.82) is 0 Å². The number of amides is 2. The van der Waals surface area contributed by atoms with Crippen LogP contribution in [-0.4, -0.2) is 20.2 Å². The summed E-state index contributed by atoms with van der Waals surface area (Å²) in [5, 5.41) is 0. The molecule has 23 heavy (non-hydrogen) atoms. The van der Waals surface area contributed by atoms with Gasteiger partial charge in [-0.15, -0.1) is 0 Å². The smallest absolute Gasteiger partial charge is 0.264 e. The van der Waals surface area contributed by atoms with Gasteiger partial charge in [-0.1, -0.05) is 18.2 Å². The maximum Gasteiger partial charge on any atom is 0.264 e. The molecule has 0 radical (unpaired) electrons. The quantitative estimate of drug-likeness (QED) is 0.775. The number of carbonyl (C=O) groups excluding carboxylic acids is 2. The molecule has 0 saturated carbocycles. The molecule has 1 rings (SSSR count). The monoisotopic (exact) mass is 334 g/mol. The van der Waals surface area contributed by atoms with E-state index in [1.165, 1.54) is 36.4 Å². The Morgan fingerprint density at radius 3 is 2.09 bits per heavy atom. The summed E-state index contributed by atoms with van der Waals surface area (Å²) < 4.78 is 26.4. The van der Waals surface area contributed by atoms with Crippen molar-refractivity contribution in [2.45, 2.75) is 13.8 Å². The molecule has 0 aliphatic heterocycles. The van der Waals surface area contributed by atoms with Crippen LogP contribution < -0.4 is 10.5 Å². The minimum Gasteiger partial charge on any atom is -0.366 e. The molecule has 6 nitrogen and oxygen atoms in total. The predicted molar refractivity (Wildman–Crippen MR) is 89.1 cm³/mol.